The van der Waals surface area contributed by atoms with Crippen LogP contribution in [0.1, 0.15) is 155 Å². The second-order valence-electron chi connectivity index (χ2n) is 9.62. The van der Waals surface area contributed by atoms with Crippen LogP contribution in [0.25, 0.3) is 0 Å². The molecular formula is C27H56N2O3. The average molecular weight is 457 g/mol. The van der Waals surface area contributed by atoms with Crippen molar-refractivity contribution in [2.24, 2.45) is 0 Å². The zero-order valence-corrected chi connectivity index (χ0v) is 21.4. The van der Waals surface area contributed by atoms with E-state index >= 15 is 0 Å². The van der Waals surface area contributed by atoms with Crippen LogP contribution < -0.4 is 5.32 Å². The molecule has 5 nitrogen and oxygen atoms in total. The van der Waals surface area contributed by atoms with Gasteiger partial charge in [0.2, 0.25) is 5.91 Å². The molecule has 0 radical (unpaired) electrons. The zero-order valence-electron chi connectivity index (χ0n) is 21.4. The summed E-state index contributed by atoms with van der Waals surface area (Å²) in [6.07, 6.45) is 29.1. The number of unbranched alkanes of at least 4 members (excludes halogenated alkanes) is 20. The highest BCUT2D eigenvalue weighted by molar-refractivity contribution is 5.75. The van der Waals surface area contributed by atoms with Gasteiger partial charge in [-0.1, -0.05) is 134 Å². The molecule has 0 aromatic carbocycles. The molecule has 0 rings (SSSR count). The van der Waals surface area contributed by atoms with Crippen LogP contribution in [-0.4, -0.2) is 34.6 Å². The minimum atomic E-state index is 0.155. The van der Waals surface area contributed by atoms with E-state index in [1.54, 1.807) is 0 Å². The Morgan fingerprint density at radius 3 is 1.34 bits per heavy atom. The third kappa shape index (κ3) is 27.4. The van der Waals surface area contributed by atoms with E-state index in [0.717, 1.165) is 32.1 Å². The lowest BCUT2D eigenvalue weighted by Gasteiger charge is -2.07. The molecule has 0 bridgehead atoms. The van der Waals surface area contributed by atoms with Crippen LogP contribution >= 0.6 is 0 Å². The van der Waals surface area contributed by atoms with Crippen molar-refractivity contribution in [2.45, 2.75) is 155 Å². The van der Waals surface area contributed by atoms with Crippen molar-refractivity contribution in [3.8, 4) is 0 Å². The number of rotatable bonds is 26. The van der Waals surface area contributed by atoms with E-state index in [0.29, 0.717) is 13.0 Å². The van der Waals surface area contributed by atoms with E-state index in [9.17, 15) is 4.79 Å². The van der Waals surface area contributed by atoms with Gasteiger partial charge in [0.15, 0.2) is 0 Å². The van der Waals surface area contributed by atoms with Gasteiger partial charge in [-0.2, -0.15) is 0 Å². The van der Waals surface area contributed by atoms with Crippen molar-refractivity contribution >= 4 is 5.91 Å². The van der Waals surface area contributed by atoms with Gasteiger partial charge in [0, 0.05) is 13.0 Å². The molecule has 0 aliphatic heterocycles. The van der Waals surface area contributed by atoms with Crippen molar-refractivity contribution in [2.75, 3.05) is 13.1 Å². The average Bonchev–Trinajstić information content (AvgIpc) is 2.77. The molecule has 0 aliphatic rings. The molecule has 192 valence electrons. The Kier molecular flexibility index (Phi) is 26.1. The summed E-state index contributed by atoms with van der Waals surface area (Å²) >= 11 is 0. The van der Waals surface area contributed by atoms with Gasteiger partial charge in [-0.25, -0.2) is 0 Å². The summed E-state index contributed by atoms with van der Waals surface area (Å²) in [6, 6.07) is 0. The SMILES string of the molecule is CCCCCCCCCCCCCCCCCCCCCC(=O)NCCCCCN(O)O. The molecule has 0 aliphatic carbocycles. The third-order valence-electron chi connectivity index (χ3n) is 6.36. The zero-order chi connectivity index (χ0) is 23.5. The Balaban J connectivity index is 3.12. The van der Waals surface area contributed by atoms with Crippen LogP contribution in [0.4, 0.5) is 0 Å². The highest BCUT2D eigenvalue weighted by Gasteiger charge is 2.01. The quantitative estimate of drug-likeness (QED) is 0.0906. The Morgan fingerprint density at radius 2 is 0.938 bits per heavy atom. The maximum absolute atomic E-state index is 11.8. The molecule has 0 spiro atoms. The lowest BCUT2D eigenvalue weighted by molar-refractivity contribution is -0.306. The molecular weight excluding hydrogens is 400 g/mol. The Hall–Kier alpha value is -0.650. The summed E-state index contributed by atoms with van der Waals surface area (Å²) < 4.78 is 0. The first-order chi connectivity index (χ1) is 15.7. The summed E-state index contributed by atoms with van der Waals surface area (Å²) in [7, 11) is 0. The molecule has 32 heavy (non-hydrogen) atoms. The second-order valence-corrected chi connectivity index (χ2v) is 9.62. The number of hydroxylamine groups is 2. The Morgan fingerprint density at radius 1 is 0.562 bits per heavy atom. The number of hydrogen-bond acceptors (Lipinski definition) is 4. The molecule has 1 amide bonds. The van der Waals surface area contributed by atoms with Gasteiger partial charge in [-0.3, -0.25) is 15.2 Å². The molecule has 0 saturated carbocycles. The summed E-state index contributed by atoms with van der Waals surface area (Å²) in [5.74, 6) is 0.155. The van der Waals surface area contributed by atoms with Crippen LogP contribution in [-0.2, 0) is 4.79 Å². The van der Waals surface area contributed by atoms with E-state index in [2.05, 4.69) is 12.2 Å². The summed E-state index contributed by atoms with van der Waals surface area (Å²) in [5.41, 5.74) is 0. The molecule has 0 unspecified atom stereocenters. The number of nitrogens with zero attached hydrogens (tertiary/aromatic N) is 1. The topological polar surface area (TPSA) is 72.8 Å². The van der Waals surface area contributed by atoms with Crippen molar-refractivity contribution in [3.63, 3.8) is 0 Å². The maximum Gasteiger partial charge on any atom is 0.219 e. The molecule has 0 aromatic heterocycles. The standard InChI is InChI=1S/C27H56N2O3/c1-2-3-4-5-6-7-8-9-10-11-12-13-14-15-16-17-18-19-21-24-27(30)28-25-22-20-23-26-29(31)32/h31-32H,2-26H2,1H3,(H,28,30). The Bertz CT molecular complexity index is 378. The third-order valence-corrected chi connectivity index (χ3v) is 6.36. The number of carbonyl (C=O) groups is 1. The van der Waals surface area contributed by atoms with E-state index in [4.69, 9.17) is 10.4 Å². The van der Waals surface area contributed by atoms with Gasteiger partial charge < -0.3 is 5.32 Å². The normalized spacial score (nSPS) is 11.4. The first kappa shape index (κ1) is 31.4. The van der Waals surface area contributed by atoms with E-state index in [-0.39, 0.29) is 17.7 Å². The first-order valence-corrected chi connectivity index (χ1v) is 14.1. The van der Waals surface area contributed by atoms with E-state index < -0.39 is 0 Å². The fourth-order valence-electron chi connectivity index (χ4n) is 4.24. The largest absolute Gasteiger partial charge is 0.356 e. The van der Waals surface area contributed by atoms with Crippen LogP contribution in [0.15, 0.2) is 0 Å². The highest BCUT2D eigenvalue weighted by atomic mass is 16.8. The minimum Gasteiger partial charge on any atom is -0.356 e. The fourth-order valence-corrected chi connectivity index (χ4v) is 4.24. The van der Waals surface area contributed by atoms with Gasteiger partial charge in [0.1, 0.15) is 0 Å². The van der Waals surface area contributed by atoms with Crippen LogP contribution in [0.5, 0.6) is 0 Å². The predicted molar refractivity (Wildman–Crippen MR) is 135 cm³/mol. The molecule has 0 saturated heterocycles. The van der Waals surface area contributed by atoms with Crippen molar-refractivity contribution < 1.29 is 15.2 Å². The number of hydrogen-bond donors (Lipinski definition) is 3. The minimum absolute atomic E-state index is 0.155. The molecule has 0 heterocycles. The number of nitrogens with one attached hydrogen (secondary N) is 1. The van der Waals surface area contributed by atoms with Crippen molar-refractivity contribution in [1.82, 2.24) is 10.5 Å². The summed E-state index contributed by atoms with van der Waals surface area (Å²) in [4.78, 5) is 11.8. The van der Waals surface area contributed by atoms with Crippen LogP contribution in [0.3, 0.4) is 0 Å². The Labute approximate surface area is 199 Å². The van der Waals surface area contributed by atoms with Crippen molar-refractivity contribution in [3.05, 3.63) is 0 Å². The monoisotopic (exact) mass is 456 g/mol. The van der Waals surface area contributed by atoms with Gasteiger partial charge in [-0.05, 0) is 19.3 Å². The lowest BCUT2D eigenvalue weighted by atomic mass is 10.0. The van der Waals surface area contributed by atoms with Gasteiger partial charge in [-0.15, -0.1) is 0 Å². The molecule has 0 atom stereocenters. The molecule has 3 N–H and O–H groups in total. The van der Waals surface area contributed by atoms with Gasteiger partial charge in [0.05, 0.1) is 6.54 Å². The van der Waals surface area contributed by atoms with Crippen LogP contribution in [0, 0.1) is 0 Å². The van der Waals surface area contributed by atoms with Gasteiger partial charge >= 0.3 is 0 Å². The van der Waals surface area contributed by atoms with E-state index in [1.165, 1.54) is 109 Å². The lowest BCUT2D eigenvalue weighted by Crippen LogP contribution is -2.24. The smallest absolute Gasteiger partial charge is 0.219 e. The van der Waals surface area contributed by atoms with E-state index in [1.807, 2.05) is 0 Å². The molecule has 0 fully saturated rings. The van der Waals surface area contributed by atoms with Crippen molar-refractivity contribution in [1.29, 1.82) is 0 Å². The van der Waals surface area contributed by atoms with Crippen LogP contribution in [0.2, 0.25) is 0 Å². The number of carbonyl (C=O) groups excluding carboxylic acids is 1. The highest BCUT2D eigenvalue weighted by Crippen LogP contribution is 2.14. The molecule has 0 aromatic rings. The predicted octanol–water partition coefficient (Wildman–Crippen LogP) is 8.18. The first-order valence-electron chi connectivity index (χ1n) is 14.1. The fraction of sp³-hybridized carbons (Fsp3) is 0.963. The summed E-state index contributed by atoms with van der Waals surface area (Å²) in [6.45, 7) is 3.23. The maximum atomic E-state index is 11.8. The number of amides is 1. The van der Waals surface area contributed by atoms with Gasteiger partial charge in [0.25, 0.3) is 0 Å². The molecule has 5 heteroatoms. The second kappa shape index (κ2) is 26.6. The summed E-state index contributed by atoms with van der Waals surface area (Å²) in [5, 5.41) is 20.4.